The van der Waals surface area contributed by atoms with Gasteiger partial charge in [-0.25, -0.2) is 0 Å². The number of ether oxygens (including phenoxy) is 13. The second-order valence-corrected chi connectivity index (χ2v) is 8.44. The molecule has 43 heavy (non-hydrogen) atoms. The number of hydrogen-bond donors (Lipinski definition) is 2. The smallest absolute Gasteiger partial charge is 0.178 e. The van der Waals surface area contributed by atoms with Crippen LogP contribution in [0.1, 0.15) is 6.92 Å². The molecule has 1 atom stereocenters. The molecule has 0 aliphatic carbocycles. The third kappa shape index (κ3) is 39.4. The van der Waals surface area contributed by atoms with Crippen LogP contribution in [-0.2, 0) is 61.6 Å². The summed E-state index contributed by atoms with van der Waals surface area (Å²) in [5.41, 5.74) is 0. The van der Waals surface area contributed by atoms with Gasteiger partial charge in [0, 0.05) is 6.61 Å². The molecular formula is C28H58O15. The first-order chi connectivity index (χ1) is 21.3. The highest BCUT2D eigenvalue weighted by Gasteiger charge is 2.02. The summed E-state index contributed by atoms with van der Waals surface area (Å²) in [6.07, 6.45) is -0.889. The van der Waals surface area contributed by atoms with E-state index in [4.69, 9.17) is 66.7 Å². The standard InChI is InChI=1S/C28H58O15/c1-2-43-28(30)27-42-26-25-41-24-23-40-22-21-39-20-19-38-18-17-37-16-15-36-14-13-35-12-11-34-10-9-33-8-7-32-6-5-31-4-3-29/h28-30H,2-27H2,1H3. The van der Waals surface area contributed by atoms with E-state index in [1.165, 1.54) is 0 Å². The van der Waals surface area contributed by atoms with Gasteiger partial charge in [0.05, 0.1) is 165 Å². The minimum Gasteiger partial charge on any atom is -0.394 e. The van der Waals surface area contributed by atoms with E-state index in [0.29, 0.717) is 159 Å². The minimum absolute atomic E-state index is 0.0228. The second kappa shape index (κ2) is 39.4. The van der Waals surface area contributed by atoms with E-state index >= 15 is 0 Å². The highest BCUT2D eigenvalue weighted by atomic mass is 16.6. The lowest BCUT2D eigenvalue weighted by molar-refractivity contribution is -0.138. The Morgan fingerprint density at radius 1 is 0.349 bits per heavy atom. The average molecular weight is 635 g/mol. The zero-order valence-corrected chi connectivity index (χ0v) is 26.2. The summed E-state index contributed by atoms with van der Waals surface area (Å²) in [5, 5.41) is 17.9. The molecule has 0 aromatic heterocycles. The van der Waals surface area contributed by atoms with E-state index in [-0.39, 0.29) is 13.2 Å². The Labute approximate surface area is 257 Å². The molecule has 0 amide bonds. The van der Waals surface area contributed by atoms with E-state index in [9.17, 15) is 5.11 Å². The van der Waals surface area contributed by atoms with Crippen LogP contribution in [0.2, 0.25) is 0 Å². The molecule has 2 N–H and O–H groups in total. The van der Waals surface area contributed by atoms with E-state index in [1.54, 1.807) is 0 Å². The lowest BCUT2D eigenvalue weighted by Gasteiger charge is -2.11. The van der Waals surface area contributed by atoms with Crippen LogP contribution < -0.4 is 0 Å². The Bertz CT molecular complexity index is 493. The fourth-order valence-electron chi connectivity index (χ4n) is 2.91. The summed E-state index contributed by atoms with van der Waals surface area (Å²) >= 11 is 0. The second-order valence-electron chi connectivity index (χ2n) is 8.44. The van der Waals surface area contributed by atoms with Crippen LogP contribution in [0.25, 0.3) is 0 Å². The van der Waals surface area contributed by atoms with Gasteiger partial charge in [0.1, 0.15) is 0 Å². The summed E-state index contributed by atoms with van der Waals surface area (Å²) in [5.74, 6) is 0. The zero-order chi connectivity index (χ0) is 31.2. The Morgan fingerprint density at radius 3 is 0.767 bits per heavy atom. The lowest BCUT2D eigenvalue weighted by Crippen LogP contribution is -2.20. The van der Waals surface area contributed by atoms with Crippen molar-refractivity contribution in [3.8, 4) is 0 Å². The zero-order valence-electron chi connectivity index (χ0n) is 26.2. The molecule has 0 bridgehead atoms. The van der Waals surface area contributed by atoms with E-state index < -0.39 is 6.29 Å². The van der Waals surface area contributed by atoms with Gasteiger partial charge in [0.25, 0.3) is 0 Å². The first-order valence-electron chi connectivity index (χ1n) is 15.1. The third-order valence-electron chi connectivity index (χ3n) is 4.95. The first kappa shape index (κ1) is 42.4. The van der Waals surface area contributed by atoms with E-state index in [0.717, 1.165) is 0 Å². The van der Waals surface area contributed by atoms with Crippen LogP contribution >= 0.6 is 0 Å². The van der Waals surface area contributed by atoms with Crippen LogP contribution in [0, 0.1) is 0 Å². The molecule has 15 heteroatoms. The van der Waals surface area contributed by atoms with Crippen LogP contribution in [-0.4, -0.2) is 188 Å². The lowest BCUT2D eigenvalue weighted by atomic mass is 10.6. The van der Waals surface area contributed by atoms with Gasteiger partial charge in [-0.3, -0.25) is 0 Å². The Hall–Kier alpha value is -0.600. The Morgan fingerprint density at radius 2 is 0.558 bits per heavy atom. The van der Waals surface area contributed by atoms with Gasteiger partial charge in [-0.15, -0.1) is 0 Å². The molecule has 0 spiro atoms. The predicted molar refractivity (Wildman–Crippen MR) is 155 cm³/mol. The van der Waals surface area contributed by atoms with E-state index in [1.807, 2.05) is 6.92 Å². The summed E-state index contributed by atoms with van der Waals surface area (Å²) in [6, 6.07) is 0. The summed E-state index contributed by atoms with van der Waals surface area (Å²) < 4.78 is 69.4. The number of aliphatic hydroxyl groups is 2. The molecule has 0 saturated carbocycles. The topological polar surface area (TPSA) is 160 Å². The van der Waals surface area contributed by atoms with Gasteiger partial charge in [-0.05, 0) is 6.92 Å². The van der Waals surface area contributed by atoms with Gasteiger partial charge in [0.15, 0.2) is 6.29 Å². The third-order valence-corrected chi connectivity index (χ3v) is 4.95. The first-order valence-corrected chi connectivity index (χ1v) is 15.1. The fourth-order valence-corrected chi connectivity index (χ4v) is 2.91. The molecule has 0 rings (SSSR count). The summed E-state index contributed by atoms with van der Waals surface area (Å²) in [6.45, 7) is 13.4. The largest absolute Gasteiger partial charge is 0.394 e. The molecule has 1 unspecified atom stereocenters. The van der Waals surface area contributed by atoms with Crippen molar-refractivity contribution in [3.05, 3.63) is 0 Å². The van der Waals surface area contributed by atoms with Crippen LogP contribution in [0.15, 0.2) is 0 Å². The molecular weight excluding hydrogens is 576 g/mol. The number of hydrogen-bond acceptors (Lipinski definition) is 15. The molecule has 0 saturated heterocycles. The van der Waals surface area contributed by atoms with E-state index in [2.05, 4.69) is 0 Å². The van der Waals surface area contributed by atoms with Crippen LogP contribution in [0.5, 0.6) is 0 Å². The van der Waals surface area contributed by atoms with Gasteiger partial charge in [0.2, 0.25) is 0 Å². The van der Waals surface area contributed by atoms with Crippen molar-refractivity contribution in [1.82, 2.24) is 0 Å². The van der Waals surface area contributed by atoms with Gasteiger partial charge < -0.3 is 71.8 Å². The highest BCUT2D eigenvalue weighted by Crippen LogP contribution is 1.90. The Balaban J connectivity index is 3.05. The molecule has 0 aromatic carbocycles. The molecule has 0 fully saturated rings. The number of aliphatic hydroxyl groups excluding tert-OH is 2. The quantitative estimate of drug-likeness (QED) is 0.0659. The van der Waals surface area contributed by atoms with Gasteiger partial charge in [-0.2, -0.15) is 0 Å². The van der Waals surface area contributed by atoms with Crippen molar-refractivity contribution in [2.24, 2.45) is 0 Å². The van der Waals surface area contributed by atoms with Crippen molar-refractivity contribution in [2.75, 3.05) is 172 Å². The molecule has 260 valence electrons. The van der Waals surface area contributed by atoms with Crippen molar-refractivity contribution < 1.29 is 71.8 Å². The fraction of sp³-hybridized carbons (Fsp3) is 1.00. The molecule has 0 aromatic rings. The van der Waals surface area contributed by atoms with Crippen LogP contribution in [0.4, 0.5) is 0 Å². The van der Waals surface area contributed by atoms with Gasteiger partial charge >= 0.3 is 0 Å². The minimum atomic E-state index is -0.889. The molecule has 0 radical (unpaired) electrons. The molecule has 0 aliphatic rings. The summed E-state index contributed by atoms with van der Waals surface area (Å²) in [7, 11) is 0. The Kier molecular flexibility index (Phi) is 38.9. The maximum Gasteiger partial charge on any atom is 0.178 e. The SMILES string of the molecule is CCOC(O)COCCOCCOCCOCCOCCOCCOCCOCCOCCOCCOCCOCCO. The number of rotatable bonds is 39. The van der Waals surface area contributed by atoms with Crippen molar-refractivity contribution >= 4 is 0 Å². The van der Waals surface area contributed by atoms with Gasteiger partial charge in [-0.1, -0.05) is 0 Å². The molecule has 0 heterocycles. The average Bonchev–Trinajstić information content (AvgIpc) is 3.01. The monoisotopic (exact) mass is 634 g/mol. The summed E-state index contributed by atoms with van der Waals surface area (Å²) in [4.78, 5) is 0. The maximum absolute atomic E-state index is 9.32. The predicted octanol–water partition coefficient (Wildman–Crippen LogP) is -0.467. The molecule has 0 aliphatic heterocycles. The van der Waals surface area contributed by atoms with Crippen molar-refractivity contribution in [2.45, 2.75) is 13.2 Å². The normalized spacial score (nSPS) is 12.3. The highest BCUT2D eigenvalue weighted by molar-refractivity contribution is 4.40. The molecule has 15 nitrogen and oxygen atoms in total. The maximum atomic E-state index is 9.32. The van der Waals surface area contributed by atoms with Crippen molar-refractivity contribution in [1.29, 1.82) is 0 Å². The van der Waals surface area contributed by atoms with Crippen molar-refractivity contribution in [3.63, 3.8) is 0 Å². The van der Waals surface area contributed by atoms with Crippen LogP contribution in [0.3, 0.4) is 0 Å².